The molecule has 0 aliphatic heterocycles. The molecular weight excluding hydrogens is 130 g/mol. The topological polar surface area (TPSA) is 61.8 Å². The predicted molar refractivity (Wildman–Crippen MR) is 35.6 cm³/mol. The summed E-state index contributed by atoms with van der Waals surface area (Å²) in [7, 11) is 0. The summed E-state index contributed by atoms with van der Waals surface area (Å²) in [6.07, 6.45) is 4.64. The number of fused-ring (bicyclic) bond motifs is 1. The van der Waals surface area contributed by atoms with E-state index < -0.39 is 0 Å². The monoisotopic (exact) mass is 135 g/mol. The summed E-state index contributed by atoms with van der Waals surface area (Å²) in [6, 6.07) is 0. The maximum Gasteiger partial charge on any atom is 0.199 e. The van der Waals surface area contributed by atoms with Gasteiger partial charge < -0.3 is 10.1 Å². The largest absolute Gasteiger partial charge is 0.494 e. The quantitative estimate of drug-likeness (QED) is 0.557. The van der Waals surface area contributed by atoms with Gasteiger partial charge in [-0.1, -0.05) is 0 Å². The summed E-state index contributed by atoms with van der Waals surface area (Å²) >= 11 is 0. The van der Waals surface area contributed by atoms with Crippen molar-refractivity contribution in [3.05, 3.63) is 18.7 Å². The molecule has 0 aliphatic rings. The second-order valence-corrected chi connectivity index (χ2v) is 1.96. The van der Waals surface area contributed by atoms with E-state index in [-0.39, 0.29) is 5.88 Å². The summed E-state index contributed by atoms with van der Waals surface area (Å²) in [5.41, 5.74) is 0.729. The molecule has 0 radical (unpaired) electrons. The number of rotatable bonds is 0. The third kappa shape index (κ3) is 0.556. The van der Waals surface area contributed by atoms with Gasteiger partial charge in [0.2, 0.25) is 0 Å². The fraction of sp³-hybridized carbons (Fsp3) is 0. The van der Waals surface area contributed by atoms with Gasteiger partial charge in [-0.15, -0.1) is 0 Å². The minimum atomic E-state index is 0.121. The Hall–Kier alpha value is -1.58. The Morgan fingerprint density at radius 2 is 2.40 bits per heavy atom. The SMILES string of the molecule is Oc1[nH]cc2ncncc12. The van der Waals surface area contributed by atoms with Crippen molar-refractivity contribution in [3.8, 4) is 5.88 Å². The van der Waals surface area contributed by atoms with Crippen molar-refractivity contribution < 1.29 is 5.11 Å². The average Bonchev–Trinajstić information content (AvgIpc) is 2.34. The molecule has 0 bridgehead atoms. The Morgan fingerprint density at radius 3 is 3.20 bits per heavy atom. The van der Waals surface area contributed by atoms with Gasteiger partial charge in [0, 0.05) is 12.4 Å². The van der Waals surface area contributed by atoms with E-state index in [1.54, 1.807) is 12.4 Å². The zero-order chi connectivity index (χ0) is 6.97. The average molecular weight is 135 g/mol. The number of H-pyrrole nitrogens is 1. The first-order valence-corrected chi connectivity index (χ1v) is 2.84. The number of aromatic nitrogens is 3. The lowest BCUT2D eigenvalue weighted by molar-refractivity contribution is 0.462. The number of hydrogen-bond acceptors (Lipinski definition) is 3. The van der Waals surface area contributed by atoms with Crippen LogP contribution in [-0.4, -0.2) is 20.1 Å². The molecule has 50 valence electrons. The van der Waals surface area contributed by atoms with E-state index in [0.29, 0.717) is 5.39 Å². The van der Waals surface area contributed by atoms with E-state index in [4.69, 9.17) is 5.11 Å². The van der Waals surface area contributed by atoms with Crippen molar-refractivity contribution in [1.29, 1.82) is 0 Å². The molecule has 0 atom stereocenters. The number of aromatic hydroxyl groups is 1. The Balaban J connectivity index is 2.93. The Bertz CT molecular complexity index is 355. The van der Waals surface area contributed by atoms with E-state index in [2.05, 4.69) is 15.0 Å². The van der Waals surface area contributed by atoms with Gasteiger partial charge >= 0.3 is 0 Å². The van der Waals surface area contributed by atoms with Crippen LogP contribution in [0.5, 0.6) is 5.88 Å². The molecule has 2 N–H and O–H groups in total. The minimum Gasteiger partial charge on any atom is -0.494 e. The highest BCUT2D eigenvalue weighted by Gasteiger charge is 1.99. The third-order valence-corrected chi connectivity index (χ3v) is 1.34. The second-order valence-electron chi connectivity index (χ2n) is 1.96. The summed E-state index contributed by atoms with van der Waals surface area (Å²) in [5.74, 6) is 0.121. The van der Waals surface area contributed by atoms with Gasteiger partial charge in [0.1, 0.15) is 6.33 Å². The van der Waals surface area contributed by atoms with E-state index in [1.807, 2.05) is 0 Å². The molecule has 2 aromatic heterocycles. The van der Waals surface area contributed by atoms with Crippen LogP contribution in [-0.2, 0) is 0 Å². The Morgan fingerprint density at radius 1 is 1.50 bits per heavy atom. The van der Waals surface area contributed by atoms with Crippen molar-refractivity contribution in [3.63, 3.8) is 0 Å². The maximum atomic E-state index is 9.08. The highest BCUT2D eigenvalue weighted by molar-refractivity contribution is 5.82. The smallest absolute Gasteiger partial charge is 0.199 e. The molecule has 0 spiro atoms. The molecule has 4 heteroatoms. The molecule has 0 saturated heterocycles. The zero-order valence-electron chi connectivity index (χ0n) is 5.07. The number of nitrogens with zero attached hydrogens (tertiary/aromatic N) is 2. The summed E-state index contributed by atoms with van der Waals surface area (Å²) < 4.78 is 0. The van der Waals surface area contributed by atoms with Crippen molar-refractivity contribution in [2.45, 2.75) is 0 Å². The van der Waals surface area contributed by atoms with Crippen LogP contribution in [0.15, 0.2) is 18.7 Å². The van der Waals surface area contributed by atoms with Gasteiger partial charge in [0.25, 0.3) is 0 Å². The lowest BCUT2D eigenvalue weighted by atomic mass is 10.4. The van der Waals surface area contributed by atoms with Crippen LogP contribution in [0.2, 0.25) is 0 Å². The van der Waals surface area contributed by atoms with Gasteiger partial charge in [-0.05, 0) is 0 Å². The molecule has 0 unspecified atom stereocenters. The van der Waals surface area contributed by atoms with E-state index in [1.165, 1.54) is 6.33 Å². The molecule has 4 nitrogen and oxygen atoms in total. The standard InChI is InChI=1S/C6H5N3O/c10-6-4-1-7-3-9-5(4)2-8-6/h1-3,8,10H. The lowest BCUT2D eigenvalue weighted by Crippen LogP contribution is -1.73. The number of nitrogens with one attached hydrogen (secondary N) is 1. The van der Waals surface area contributed by atoms with E-state index in [0.717, 1.165) is 5.52 Å². The number of hydrogen-bond donors (Lipinski definition) is 2. The lowest BCUT2D eigenvalue weighted by Gasteiger charge is -1.84. The number of aromatic amines is 1. The summed E-state index contributed by atoms with van der Waals surface area (Å²) in [5, 5.41) is 9.73. The van der Waals surface area contributed by atoms with Crippen LogP contribution in [0, 0.1) is 0 Å². The maximum absolute atomic E-state index is 9.08. The van der Waals surface area contributed by atoms with Crippen LogP contribution in [0.3, 0.4) is 0 Å². The van der Waals surface area contributed by atoms with Crippen molar-refractivity contribution in [2.75, 3.05) is 0 Å². The van der Waals surface area contributed by atoms with Crippen LogP contribution >= 0.6 is 0 Å². The van der Waals surface area contributed by atoms with E-state index >= 15 is 0 Å². The molecule has 2 rings (SSSR count). The molecule has 2 aromatic rings. The molecule has 0 aliphatic carbocycles. The Labute approximate surface area is 56.6 Å². The van der Waals surface area contributed by atoms with Crippen LogP contribution in [0.1, 0.15) is 0 Å². The highest BCUT2D eigenvalue weighted by Crippen LogP contribution is 2.18. The fourth-order valence-corrected chi connectivity index (χ4v) is 0.851. The third-order valence-electron chi connectivity index (χ3n) is 1.34. The normalized spacial score (nSPS) is 10.4. The molecular formula is C6H5N3O. The fourth-order valence-electron chi connectivity index (χ4n) is 0.851. The van der Waals surface area contributed by atoms with Crippen LogP contribution in [0.4, 0.5) is 0 Å². The first-order valence-electron chi connectivity index (χ1n) is 2.84. The predicted octanol–water partition coefficient (Wildman–Crippen LogP) is 0.663. The van der Waals surface area contributed by atoms with E-state index in [9.17, 15) is 0 Å². The van der Waals surface area contributed by atoms with Gasteiger partial charge in [-0.2, -0.15) is 0 Å². The second kappa shape index (κ2) is 1.70. The molecule has 0 saturated carbocycles. The van der Waals surface area contributed by atoms with Crippen molar-refractivity contribution >= 4 is 10.9 Å². The van der Waals surface area contributed by atoms with Crippen LogP contribution < -0.4 is 0 Å². The molecule has 0 fully saturated rings. The van der Waals surface area contributed by atoms with Crippen molar-refractivity contribution in [1.82, 2.24) is 15.0 Å². The summed E-state index contributed by atoms with van der Waals surface area (Å²) in [4.78, 5) is 10.3. The Kier molecular flexibility index (Phi) is 0.887. The minimum absolute atomic E-state index is 0.121. The van der Waals surface area contributed by atoms with Gasteiger partial charge in [-0.3, -0.25) is 0 Å². The first kappa shape index (κ1) is 5.22. The molecule has 0 amide bonds. The highest BCUT2D eigenvalue weighted by atomic mass is 16.3. The molecule has 0 aromatic carbocycles. The summed E-state index contributed by atoms with van der Waals surface area (Å²) in [6.45, 7) is 0. The van der Waals surface area contributed by atoms with Gasteiger partial charge in [0.15, 0.2) is 5.88 Å². The van der Waals surface area contributed by atoms with Crippen LogP contribution in [0.25, 0.3) is 10.9 Å². The van der Waals surface area contributed by atoms with Gasteiger partial charge in [0.05, 0.1) is 10.9 Å². The molecule has 10 heavy (non-hydrogen) atoms. The van der Waals surface area contributed by atoms with Crippen molar-refractivity contribution in [2.24, 2.45) is 0 Å². The van der Waals surface area contributed by atoms with Gasteiger partial charge in [-0.25, -0.2) is 9.97 Å². The molecule has 2 heterocycles. The first-order chi connectivity index (χ1) is 4.88. The zero-order valence-corrected chi connectivity index (χ0v) is 5.07.